The molecule has 1 aromatic heterocycles. The van der Waals surface area contributed by atoms with Crippen LogP contribution in [0.4, 0.5) is 10.1 Å². The van der Waals surface area contributed by atoms with Gasteiger partial charge in [-0.05, 0) is 42.5 Å². The average Bonchev–Trinajstić information content (AvgIpc) is 2.56. The predicted octanol–water partition coefficient (Wildman–Crippen LogP) is 3.32. The molecule has 3 aromatic rings. The molecule has 2 aromatic carbocycles. The minimum Gasteiger partial charge on any atom is -0.478 e. The number of nitrogens with zero attached hydrogens (tertiary/aromatic N) is 1. The molecular formula is C17H11FN2O3. The van der Waals surface area contributed by atoms with Gasteiger partial charge in [-0.15, -0.1) is 0 Å². The Morgan fingerprint density at radius 1 is 1.04 bits per heavy atom. The van der Waals surface area contributed by atoms with Crippen LogP contribution >= 0.6 is 0 Å². The van der Waals surface area contributed by atoms with E-state index in [1.54, 1.807) is 30.5 Å². The predicted molar refractivity (Wildman–Crippen MR) is 83.1 cm³/mol. The fourth-order valence-corrected chi connectivity index (χ4v) is 2.17. The van der Waals surface area contributed by atoms with Gasteiger partial charge in [0.2, 0.25) is 0 Å². The molecule has 1 heterocycles. The van der Waals surface area contributed by atoms with E-state index in [-0.39, 0.29) is 11.3 Å². The molecule has 0 saturated heterocycles. The second-order valence-corrected chi connectivity index (χ2v) is 4.86. The van der Waals surface area contributed by atoms with Crippen molar-refractivity contribution in [2.45, 2.75) is 0 Å². The smallest absolute Gasteiger partial charge is 0.335 e. The number of pyridine rings is 1. The largest absolute Gasteiger partial charge is 0.478 e. The SMILES string of the molecule is O=C(O)c1ccc(F)c(NC(=O)c2ccc3ncccc3c2)c1. The van der Waals surface area contributed by atoms with Crippen LogP contribution in [0.1, 0.15) is 20.7 Å². The summed E-state index contributed by atoms with van der Waals surface area (Å²) in [5.74, 6) is -2.43. The van der Waals surface area contributed by atoms with E-state index >= 15 is 0 Å². The van der Waals surface area contributed by atoms with Crippen molar-refractivity contribution in [3.8, 4) is 0 Å². The number of hydrogen-bond acceptors (Lipinski definition) is 3. The number of carbonyl (C=O) groups is 2. The first-order valence-corrected chi connectivity index (χ1v) is 6.73. The molecular weight excluding hydrogens is 299 g/mol. The van der Waals surface area contributed by atoms with Gasteiger partial charge in [-0.25, -0.2) is 9.18 Å². The van der Waals surface area contributed by atoms with Gasteiger partial charge in [-0.3, -0.25) is 9.78 Å². The summed E-state index contributed by atoms with van der Waals surface area (Å²) < 4.78 is 13.7. The van der Waals surface area contributed by atoms with E-state index in [9.17, 15) is 14.0 Å². The molecule has 2 N–H and O–H groups in total. The maximum atomic E-state index is 13.7. The van der Waals surface area contributed by atoms with Gasteiger partial charge in [0, 0.05) is 17.1 Å². The summed E-state index contributed by atoms with van der Waals surface area (Å²) in [4.78, 5) is 27.3. The molecule has 0 bridgehead atoms. The lowest BCUT2D eigenvalue weighted by atomic mass is 10.1. The Kier molecular flexibility index (Phi) is 3.72. The average molecular weight is 310 g/mol. The van der Waals surface area contributed by atoms with Crippen molar-refractivity contribution < 1.29 is 19.1 Å². The zero-order valence-electron chi connectivity index (χ0n) is 11.8. The number of benzene rings is 2. The molecule has 6 heteroatoms. The summed E-state index contributed by atoms with van der Waals surface area (Å²) in [5, 5.41) is 12.1. The monoisotopic (exact) mass is 310 g/mol. The molecule has 0 atom stereocenters. The maximum absolute atomic E-state index is 13.7. The molecule has 0 aliphatic heterocycles. The molecule has 0 fully saturated rings. The van der Waals surface area contributed by atoms with E-state index in [0.717, 1.165) is 29.1 Å². The lowest BCUT2D eigenvalue weighted by Crippen LogP contribution is -2.13. The molecule has 3 rings (SSSR count). The normalized spacial score (nSPS) is 10.5. The molecule has 0 spiro atoms. The highest BCUT2D eigenvalue weighted by Crippen LogP contribution is 2.19. The Hall–Kier alpha value is -3.28. The van der Waals surface area contributed by atoms with E-state index in [1.807, 2.05) is 6.07 Å². The van der Waals surface area contributed by atoms with Crippen molar-refractivity contribution in [2.24, 2.45) is 0 Å². The van der Waals surface area contributed by atoms with Crippen LogP contribution in [-0.2, 0) is 0 Å². The lowest BCUT2D eigenvalue weighted by Gasteiger charge is -2.08. The zero-order chi connectivity index (χ0) is 16.4. The Balaban J connectivity index is 1.91. The number of nitrogens with one attached hydrogen (secondary N) is 1. The first-order valence-electron chi connectivity index (χ1n) is 6.73. The summed E-state index contributed by atoms with van der Waals surface area (Å²) in [6, 6.07) is 11.7. The number of fused-ring (bicyclic) bond motifs is 1. The molecule has 0 aliphatic carbocycles. The van der Waals surface area contributed by atoms with Gasteiger partial charge in [0.05, 0.1) is 16.8 Å². The number of rotatable bonds is 3. The minimum absolute atomic E-state index is 0.107. The Morgan fingerprint density at radius 2 is 1.83 bits per heavy atom. The number of halogens is 1. The molecule has 23 heavy (non-hydrogen) atoms. The first-order chi connectivity index (χ1) is 11.0. The third kappa shape index (κ3) is 3.01. The van der Waals surface area contributed by atoms with E-state index in [2.05, 4.69) is 10.3 Å². The second-order valence-electron chi connectivity index (χ2n) is 4.86. The summed E-state index contributed by atoms with van der Waals surface area (Å²) in [6.45, 7) is 0. The maximum Gasteiger partial charge on any atom is 0.335 e. The lowest BCUT2D eigenvalue weighted by molar-refractivity contribution is 0.0696. The fraction of sp³-hybridized carbons (Fsp3) is 0. The van der Waals surface area contributed by atoms with Crippen LogP contribution in [0.3, 0.4) is 0 Å². The molecule has 0 unspecified atom stereocenters. The quantitative estimate of drug-likeness (QED) is 0.777. The van der Waals surface area contributed by atoms with Crippen molar-refractivity contribution in [1.29, 1.82) is 0 Å². The van der Waals surface area contributed by atoms with Gasteiger partial charge in [-0.2, -0.15) is 0 Å². The highest BCUT2D eigenvalue weighted by atomic mass is 19.1. The van der Waals surface area contributed by atoms with Crippen molar-refractivity contribution >= 4 is 28.5 Å². The molecule has 0 radical (unpaired) electrons. The number of amides is 1. The van der Waals surface area contributed by atoms with Crippen molar-refractivity contribution in [2.75, 3.05) is 5.32 Å². The van der Waals surface area contributed by atoms with Gasteiger partial charge in [0.1, 0.15) is 5.82 Å². The Labute approximate surface area is 130 Å². The second kappa shape index (κ2) is 5.84. The van der Waals surface area contributed by atoms with E-state index < -0.39 is 17.7 Å². The molecule has 1 amide bonds. The number of carbonyl (C=O) groups excluding carboxylic acids is 1. The Bertz CT molecular complexity index is 925. The van der Waals surface area contributed by atoms with E-state index in [0.29, 0.717) is 5.56 Å². The standard InChI is InChI=1S/C17H11FN2O3/c18-13-5-3-12(17(22)23)9-15(13)20-16(21)11-4-6-14-10(8-11)2-1-7-19-14/h1-9H,(H,20,21)(H,22,23). The van der Waals surface area contributed by atoms with Gasteiger partial charge < -0.3 is 10.4 Å². The number of aromatic nitrogens is 1. The third-order valence-corrected chi connectivity index (χ3v) is 3.33. The number of carboxylic acids is 1. The van der Waals surface area contributed by atoms with E-state index in [4.69, 9.17) is 5.11 Å². The van der Waals surface area contributed by atoms with Crippen LogP contribution in [0.5, 0.6) is 0 Å². The van der Waals surface area contributed by atoms with Crippen molar-refractivity contribution in [1.82, 2.24) is 4.98 Å². The summed E-state index contributed by atoms with van der Waals surface area (Å²) in [6.07, 6.45) is 1.65. The molecule has 0 saturated carbocycles. The zero-order valence-corrected chi connectivity index (χ0v) is 11.8. The summed E-state index contributed by atoms with van der Waals surface area (Å²) in [7, 11) is 0. The Morgan fingerprint density at radius 3 is 2.61 bits per heavy atom. The number of anilines is 1. The topological polar surface area (TPSA) is 79.3 Å². The fourth-order valence-electron chi connectivity index (χ4n) is 2.17. The summed E-state index contributed by atoms with van der Waals surface area (Å²) >= 11 is 0. The van der Waals surface area contributed by atoms with Gasteiger partial charge in [0.15, 0.2) is 0 Å². The highest BCUT2D eigenvalue weighted by molar-refractivity contribution is 6.06. The van der Waals surface area contributed by atoms with Crippen molar-refractivity contribution in [3.63, 3.8) is 0 Å². The van der Waals surface area contributed by atoms with Gasteiger partial charge >= 0.3 is 5.97 Å². The van der Waals surface area contributed by atoms with Crippen LogP contribution < -0.4 is 5.32 Å². The minimum atomic E-state index is -1.20. The van der Waals surface area contributed by atoms with Gasteiger partial charge in [-0.1, -0.05) is 6.07 Å². The van der Waals surface area contributed by atoms with Crippen LogP contribution in [0.15, 0.2) is 54.7 Å². The van der Waals surface area contributed by atoms with Crippen LogP contribution in [0.25, 0.3) is 10.9 Å². The molecule has 114 valence electrons. The molecule has 5 nitrogen and oxygen atoms in total. The summed E-state index contributed by atoms with van der Waals surface area (Å²) in [5.41, 5.74) is 0.777. The van der Waals surface area contributed by atoms with Crippen LogP contribution in [0.2, 0.25) is 0 Å². The first kappa shape index (κ1) is 14.6. The van der Waals surface area contributed by atoms with E-state index in [1.165, 1.54) is 0 Å². The van der Waals surface area contributed by atoms with Crippen molar-refractivity contribution in [3.05, 3.63) is 71.7 Å². The number of hydrogen-bond donors (Lipinski definition) is 2. The van der Waals surface area contributed by atoms with Gasteiger partial charge in [0.25, 0.3) is 5.91 Å². The number of carboxylic acid groups (broad SMARTS) is 1. The molecule has 0 aliphatic rings. The van der Waals surface area contributed by atoms with Crippen LogP contribution in [-0.4, -0.2) is 22.0 Å². The third-order valence-electron chi connectivity index (χ3n) is 3.33. The number of aromatic carboxylic acids is 1. The highest BCUT2D eigenvalue weighted by Gasteiger charge is 2.13. The van der Waals surface area contributed by atoms with Crippen LogP contribution in [0, 0.1) is 5.82 Å².